The van der Waals surface area contributed by atoms with Gasteiger partial charge in [-0.25, -0.2) is 4.39 Å². The van der Waals surface area contributed by atoms with Gasteiger partial charge in [0.2, 0.25) is 5.91 Å². The van der Waals surface area contributed by atoms with Gasteiger partial charge in [0.25, 0.3) is 5.91 Å². The predicted molar refractivity (Wildman–Crippen MR) is 114 cm³/mol. The van der Waals surface area contributed by atoms with E-state index in [4.69, 9.17) is 4.74 Å². The number of hydrogen-bond donors (Lipinski definition) is 1. The number of rotatable bonds is 5. The number of nitrogens with one attached hydrogen (secondary N) is 1. The lowest BCUT2D eigenvalue weighted by atomic mass is 10.1. The molecule has 0 unspecified atom stereocenters. The van der Waals surface area contributed by atoms with Crippen molar-refractivity contribution in [3.05, 3.63) is 81.8 Å². The summed E-state index contributed by atoms with van der Waals surface area (Å²) in [6, 6.07) is 15.3. The monoisotopic (exact) mass is 424 g/mol. The van der Waals surface area contributed by atoms with Gasteiger partial charge in [0.15, 0.2) is 6.10 Å². The molecule has 30 heavy (non-hydrogen) atoms. The van der Waals surface area contributed by atoms with Crippen LogP contribution in [0.15, 0.2) is 60.0 Å². The third kappa shape index (κ3) is 4.68. The molecule has 0 saturated heterocycles. The van der Waals surface area contributed by atoms with Gasteiger partial charge < -0.3 is 15.0 Å². The molecular formula is C23H21FN2O3S. The highest BCUT2D eigenvalue weighted by Gasteiger charge is 2.28. The second-order valence-electron chi connectivity index (χ2n) is 7.21. The number of benzene rings is 2. The largest absolute Gasteiger partial charge is 0.481 e. The van der Waals surface area contributed by atoms with Crippen molar-refractivity contribution in [3.8, 4) is 5.75 Å². The maximum absolute atomic E-state index is 13.2. The molecule has 1 N–H and O–H groups in total. The molecule has 1 aliphatic heterocycles. The molecule has 5 nitrogen and oxygen atoms in total. The molecule has 0 spiro atoms. The minimum absolute atomic E-state index is 0.0976. The lowest BCUT2D eigenvalue weighted by Gasteiger charge is -2.22. The smallest absolute Gasteiger partial charge is 0.263 e. The molecule has 0 bridgehead atoms. The summed E-state index contributed by atoms with van der Waals surface area (Å²) in [4.78, 5) is 27.8. The quantitative estimate of drug-likeness (QED) is 0.661. The summed E-state index contributed by atoms with van der Waals surface area (Å²) >= 11 is 1.54. The van der Waals surface area contributed by atoms with Crippen LogP contribution in [-0.2, 0) is 29.1 Å². The van der Waals surface area contributed by atoms with Crippen molar-refractivity contribution in [3.63, 3.8) is 0 Å². The van der Waals surface area contributed by atoms with E-state index >= 15 is 0 Å². The fraction of sp³-hybridized carbons (Fsp3) is 0.217. The summed E-state index contributed by atoms with van der Waals surface area (Å²) in [6.07, 6.45) is -0.316. The molecule has 154 valence electrons. The molecule has 1 aliphatic rings. The lowest BCUT2D eigenvalue weighted by Crippen LogP contribution is -2.37. The number of amides is 2. The summed E-state index contributed by atoms with van der Waals surface area (Å²) < 4.78 is 19.0. The fourth-order valence-electron chi connectivity index (χ4n) is 3.40. The molecule has 2 heterocycles. The summed E-state index contributed by atoms with van der Waals surface area (Å²) in [5.41, 5.74) is 2.30. The Morgan fingerprint density at radius 2 is 2.03 bits per heavy atom. The van der Waals surface area contributed by atoms with E-state index in [1.807, 2.05) is 23.6 Å². The Morgan fingerprint density at radius 3 is 2.77 bits per heavy atom. The van der Waals surface area contributed by atoms with Gasteiger partial charge in [-0.05, 0) is 54.3 Å². The van der Waals surface area contributed by atoms with Crippen molar-refractivity contribution in [1.29, 1.82) is 0 Å². The van der Waals surface area contributed by atoms with Gasteiger partial charge >= 0.3 is 0 Å². The minimum atomic E-state index is -0.633. The van der Waals surface area contributed by atoms with Crippen LogP contribution in [0.4, 0.5) is 10.1 Å². The van der Waals surface area contributed by atoms with Crippen LogP contribution in [-0.4, -0.2) is 22.8 Å². The number of carbonyl (C=O) groups is 2. The maximum atomic E-state index is 13.2. The molecule has 7 heteroatoms. The van der Waals surface area contributed by atoms with E-state index in [0.717, 1.165) is 16.0 Å². The van der Waals surface area contributed by atoms with Gasteiger partial charge in [0.1, 0.15) is 11.6 Å². The van der Waals surface area contributed by atoms with E-state index in [2.05, 4.69) is 5.32 Å². The molecule has 0 saturated carbocycles. The zero-order chi connectivity index (χ0) is 21.1. The summed E-state index contributed by atoms with van der Waals surface area (Å²) in [6.45, 7) is 2.40. The predicted octanol–water partition coefficient (Wildman–Crippen LogP) is 4.38. The van der Waals surface area contributed by atoms with Crippen LogP contribution in [0.25, 0.3) is 0 Å². The average Bonchev–Trinajstić information content (AvgIpc) is 3.19. The standard InChI is InChI=1S/C23H21FN2O3S/c1-15-23(28)26(13-16-4-6-18(24)7-5-16)14-17-11-19(8-9-21(17)29-15)25-22(27)12-20-3-2-10-30-20/h2-11,15H,12-14H2,1H3,(H,25,27)/t15-/m1/s1. The van der Waals surface area contributed by atoms with Gasteiger partial charge in [-0.3, -0.25) is 9.59 Å². The highest BCUT2D eigenvalue weighted by Crippen LogP contribution is 2.29. The van der Waals surface area contributed by atoms with Crippen molar-refractivity contribution in [2.75, 3.05) is 5.32 Å². The van der Waals surface area contributed by atoms with Crippen molar-refractivity contribution in [2.45, 2.75) is 32.5 Å². The first kappa shape index (κ1) is 20.1. The number of fused-ring (bicyclic) bond motifs is 1. The van der Waals surface area contributed by atoms with Crippen LogP contribution in [0.5, 0.6) is 5.75 Å². The van der Waals surface area contributed by atoms with E-state index in [-0.39, 0.29) is 17.6 Å². The number of thiophene rings is 1. The molecule has 3 aromatic rings. The Balaban J connectivity index is 1.52. The number of nitrogens with zero attached hydrogens (tertiary/aromatic N) is 1. The molecular weight excluding hydrogens is 403 g/mol. The average molecular weight is 424 g/mol. The fourth-order valence-corrected chi connectivity index (χ4v) is 4.10. The minimum Gasteiger partial charge on any atom is -0.481 e. The molecule has 0 radical (unpaired) electrons. The molecule has 1 aromatic heterocycles. The molecule has 0 aliphatic carbocycles. The summed E-state index contributed by atoms with van der Waals surface area (Å²) in [7, 11) is 0. The molecule has 1 atom stereocenters. The SMILES string of the molecule is C[C@H]1Oc2ccc(NC(=O)Cc3cccs3)cc2CN(Cc2ccc(F)cc2)C1=O. The zero-order valence-corrected chi connectivity index (χ0v) is 17.2. The van der Waals surface area contributed by atoms with Gasteiger partial charge in [0.05, 0.1) is 6.42 Å². The topological polar surface area (TPSA) is 58.6 Å². The van der Waals surface area contributed by atoms with Crippen molar-refractivity contribution >= 4 is 28.8 Å². The van der Waals surface area contributed by atoms with Crippen LogP contribution >= 0.6 is 11.3 Å². The Morgan fingerprint density at radius 1 is 1.23 bits per heavy atom. The third-order valence-corrected chi connectivity index (χ3v) is 5.75. The Kier molecular flexibility index (Phi) is 5.81. The summed E-state index contributed by atoms with van der Waals surface area (Å²) in [5.74, 6) is 0.0676. The van der Waals surface area contributed by atoms with Crippen molar-refractivity contribution in [2.24, 2.45) is 0 Å². The van der Waals surface area contributed by atoms with E-state index < -0.39 is 6.10 Å². The molecule has 4 rings (SSSR count). The van der Waals surface area contributed by atoms with Crippen molar-refractivity contribution < 1.29 is 18.7 Å². The number of ether oxygens (including phenoxy) is 1. The first-order valence-electron chi connectivity index (χ1n) is 9.63. The maximum Gasteiger partial charge on any atom is 0.263 e. The van der Waals surface area contributed by atoms with E-state index in [1.54, 1.807) is 47.4 Å². The van der Waals surface area contributed by atoms with Crippen LogP contribution in [0.3, 0.4) is 0 Å². The van der Waals surface area contributed by atoms with Gasteiger partial charge in [-0.15, -0.1) is 11.3 Å². The highest BCUT2D eigenvalue weighted by atomic mass is 32.1. The second-order valence-corrected chi connectivity index (χ2v) is 8.24. The third-order valence-electron chi connectivity index (χ3n) is 4.87. The normalized spacial score (nSPS) is 15.9. The number of anilines is 1. The van der Waals surface area contributed by atoms with Crippen molar-refractivity contribution in [1.82, 2.24) is 4.90 Å². The van der Waals surface area contributed by atoms with Crippen LogP contribution < -0.4 is 10.1 Å². The van der Waals surface area contributed by atoms with Gasteiger partial charge in [-0.2, -0.15) is 0 Å². The molecule has 0 fully saturated rings. The van der Waals surface area contributed by atoms with E-state index in [9.17, 15) is 14.0 Å². The Bertz CT molecular complexity index is 1050. The number of hydrogen-bond acceptors (Lipinski definition) is 4. The zero-order valence-electron chi connectivity index (χ0n) is 16.4. The first-order chi connectivity index (χ1) is 14.5. The number of carbonyl (C=O) groups excluding carboxylic acids is 2. The van der Waals surface area contributed by atoms with Crippen LogP contribution in [0, 0.1) is 5.82 Å². The molecule has 2 amide bonds. The van der Waals surface area contributed by atoms with Gasteiger partial charge in [-0.1, -0.05) is 18.2 Å². The first-order valence-corrected chi connectivity index (χ1v) is 10.5. The van der Waals surface area contributed by atoms with Gasteiger partial charge in [0, 0.05) is 29.2 Å². The van der Waals surface area contributed by atoms with E-state index in [1.165, 1.54) is 12.1 Å². The van der Waals surface area contributed by atoms with E-state index in [0.29, 0.717) is 30.9 Å². The molecule has 2 aromatic carbocycles. The highest BCUT2D eigenvalue weighted by molar-refractivity contribution is 7.10. The number of halogens is 1. The lowest BCUT2D eigenvalue weighted by molar-refractivity contribution is -0.138. The Labute approximate surface area is 178 Å². The summed E-state index contributed by atoms with van der Waals surface area (Å²) in [5, 5.41) is 4.85. The Hall–Kier alpha value is -3.19. The van der Waals surface area contributed by atoms with Crippen LogP contribution in [0.2, 0.25) is 0 Å². The van der Waals surface area contributed by atoms with Crippen LogP contribution in [0.1, 0.15) is 22.9 Å². The second kappa shape index (κ2) is 8.67.